The molecule has 0 fully saturated rings. The Labute approximate surface area is 120 Å². The zero-order valence-corrected chi connectivity index (χ0v) is 12.8. The fourth-order valence-electron chi connectivity index (χ4n) is 1.97. The maximum atomic E-state index is 6.23. The molecule has 0 aromatic heterocycles. The van der Waals surface area contributed by atoms with Gasteiger partial charge in [-0.1, -0.05) is 30.7 Å². The molecule has 1 aromatic carbocycles. The van der Waals surface area contributed by atoms with Crippen molar-refractivity contribution in [3.05, 3.63) is 34.9 Å². The van der Waals surface area contributed by atoms with Crippen LogP contribution in [0.4, 0.5) is 0 Å². The van der Waals surface area contributed by atoms with E-state index in [1.54, 1.807) is 14.2 Å². The number of nitrogens with one attached hydrogen (secondary N) is 1. The van der Waals surface area contributed by atoms with Crippen LogP contribution in [-0.4, -0.2) is 20.8 Å². The summed E-state index contributed by atoms with van der Waals surface area (Å²) in [6, 6.07) is 3.90. The van der Waals surface area contributed by atoms with Crippen LogP contribution in [0, 0.1) is 0 Å². The van der Waals surface area contributed by atoms with Crippen molar-refractivity contribution in [3.8, 4) is 11.5 Å². The van der Waals surface area contributed by atoms with Crippen LogP contribution < -0.4 is 14.8 Å². The summed E-state index contributed by atoms with van der Waals surface area (Å²) in [7, 11) is 3.18. The van der Waals surface area contributed by atoms with Crippen LogP contribution in [0.2, 0.25) is 5.02 Å². The van der Waals surface area contributed by atoms with Crippen LogP contribution >= 0.6 is 11.6 Å². The van der Waals surface area contributed by atoms with E-state index in [1.807, 2.05) is 19.1 Å². The molecule has 0 heterocycles. The molecule has 3 nitrogen and oxygen atoms in total. The monoisotopic (exact) mass is 283 g/mol. The Morgan fingerprint density at radius 1 is 1.37 bits per heavy atom. The maximum Gasteiger partial charge on any atom is 0.179 e. The van der Waals surface area contributed by atoms with Crippen LogP contribution in [0.15, 0.2) is 24.3 Å². The highest BCUT2D eigenvalue weighted by Gasteiger charge is 2.17. The van der Waals surface area contributed by atoms with Crippen molar-refractivity contribution in [2.75, 3.05) is 20.8 Å². The lowest BCUT2D eigenvalue weighted by atomic mass is 10.00. The van der Waals surface area contributed by atoms with Crippen molar-refractivity contribution in [3.63, 3.8) is 0 Å². The van der Waals surface area contributed by atoms with Crippen LogP contribution in [0.3, 0.4) is 0 Å². The molecular weight excluding hydrogens is 262 g/mol. The molecule has 0 radical (unpaired) electrons. The molecule has 1 N–H and O–H groups in total. The van der Waals surface area contributed by atoms with Gasteiger partial charge in [-0.2, -0.15) is 0 Å². The van der Waals surface area contributed by atoms with Crippen LogP contribution in [0.1, 0.15) is 31.9 Å². The van der Waals surface area contributed by atoms with Crippen LogP contribution in [-0.2, 0) is 0 Å². The second-order valence-electron chi connectivity index (χ2n) is 4.47. The highest BCUT2D eigenvalue weighted by molar-refractivity contribution is 6.32. The van der Waals surface area contributed by atoms with Gasteiger partial charge in [0, 0.05) is 0 Å². The summed E-state index contributed by atoms with van der Waals surface area (Å²) >= 11 is 6.23. The van der Waals surface area contributed by atoms with Gasteiger partial charge in [-0.15, -0.1) is 0 Å². The third-order valence-corrected chi connectivity index (χ3v) is 3.16. The molecular formula is C15H22ClNO2. The molecule has 0 spiro atoms. The van der Waals surface area contributed by atoms with Gasteiger partial charge in [-0.3, -0.25) is 0 Å². The SMILES string of the molecule is C=C(C)C(NCCC)c1cc(Cl)c(OC)c(OC)c1. The van der Waals surface area contributed by atoms with Gasteiger partial charge in [0.05, 0.1) is 25.3 Å². The topological polar surface area (TPSA) is 30.5 Å². The van der Waals surface area contributed by atoms with Crippen LogP contribution in [0.25, 0.3) is 0 Å². The maximum absolute atomic E-state index is 6.23. The number of benzene rings is 1. The molecule has 0 aliphatic carbocycles. The third kappa shape index (κ3) is 3.88. The molecule has 0 saturated heterocycles. The smallest absolute Gasteiger partial charge is 0.179 e. The molecule has 0 amide bonds. The Morgan fingerprint density at radius 3 is 2.53 bits per heavy atom. The molecule has 106 valence electrons. The molecule has 19 heavy (non-hydrogen) atoms. The molecule has 1 atom stereocenters. The van der Waals surface area contributed by atoms with Crippen molar-refractivity contribution in [1.82, 2.24) is 5.32 Å². The molecule has 4 heteroatoms. The highest BCUT2D eigenvalue weighted by atomic mass is 35.5. The van der Waals surface area contributed by atoms with E-state index in [9.17, 15) is 0 Å². The Hall–Kier alpha value is -1.19. The largest absolute Gasteiger partial charge is 0.493 e. The van der Waals surface area contributed by atoms with E-state index in [1.165, 1.54) is 0 Å². The average Bonchev–Trinajstić information content (AvgIpc) is 2.38. The Bertz CT molecular complexity index is 446. The average molecular weight is 284 g/mol. The minimum Gasteiger partial charge on any atom is -0.493 e. The lowest BCUT2D eigenvalue weighted by Crippen LogP contribution is -2.22. The first-order valence-corrected chi connectivity index (χ1v) is 6.73. The number of hydrogen-bond acceptors (Lipinski definition) is 3. The number of hydrogen-bond donors (Lipinski definition) is 1. The van der Waals surface area contributed by atoms with Crippen molar-refractivity contribution >= 4 is 11.6 Å². The second-order valence-corrected chi connectivity index (χ2v) is 4.88. The zero-order valence-electron chi connectivity index (χ0n) is 12.0. The van der Waals surface area contributed by atoms with Crippen LogP contribution in [0.5, 0.6) is 11.5 Å². The van der Waals surface area contributed by atoms with E-state index in [-0.39, 0.29) is 6.04 Å². The minimum absolute atomic E-state index is 0.0669. The van der Waals surface area contributed by atoms with E-state index in [2.05, 4.69) is 18.8 Å². The number of halogens is 1. The van der Waals surface area contributed by atoms with Gasteiger partial charge in [0.2, 0.25) is 0 Å². The van der Waals surface area contributed by atoms with E-state index < -0.39 is 0 Å². The summed E-state index contributed by atoms with van der Waals surface area (Å²) in [5.74, 6) is 1.19. The van der Waals surface area contributed by atoms with Gasteiger partial charge in [0.25, 0.3) is 0 Å². The standard InChI is InChI=1S/C15H22ClNO2/c1-6-7-17-14(10(2)3)11-8-12(16)15(19-5)13(9-11)18-4/h8-9,14,17H,2,6-7H2,1,3-5H3. The van der Waals surface area contributed by atoms with Gasteiger partial charge in [0.1, 0.15) is 0 Å². The van der Waals surface area contributed by atoms with Gasteiger partial charge < -0.3 is 14.8 Å². The highest BCUT2D eigenvalue weighted by Crippen LogP contribution is 2.38. The number of ether oxygens (including phenoxy) is 2. The first-order valence-electron chi connectivity index (χ1n) is 6.35. The molecule has 0 aliphatic heterocycles. The first-order chi connectivity index (χ1) is 9.04. The predicted molar refractivity (Wildman–Crippen MR) is 80.4 cm³/mol. The predicted octanol–water partition coefficient (Wildman–Crippen LogP) is 3.97. The van der Waals surface area contributed by atoms with Crippen molar-refractivity contribution in [2.45, 2.75) is 26.3 Å². The van der Waals surface area contributed by atoms with Gasteiger partial charge in [-0.25, -0.2) is 0 Å². The van der Waals surface area contributed by atoms with E-state index in [4.69, 9.17) is 21.1 Å². The summed E-state index contributed by atoms with van der Waals surface area (Å²) in [5.41, 5.74) is 2.07. The summed E-state index contributed by atoms with van der Waals surface area (Å²) < 4.78 is 10.6. The van der Waals surface area contributed by atoms with Crippen molar-refractivity contribution in [2.24, 2.45) is 0 Å². The fourth-order valence-corrected chi connectivity index (χ4v) is 2.27. The Kier molecular flexibility index (Phi) is 6.19. The zero-order chi connectivity index (χ0) is 14.4. The summed E-state index contributed by atoms with van der Waals surface area (Å²) in [6.07, 6.45) is 1.06. The van der Waals surface area contributed by atoms with Crippen molar-refractivity contribution in [1.29, 1.82) is 0 Å². The summed E-state index contributed by atoms with van der Waals surface area (Å²) in [4.78, 5) is 0. The Balaban J connectivity index is 3.17. The fraction of sp³-hybridized carbons (Fsp3) is 0.467. The molecule has 0 bridgehead atoms. The molecule has 1 rings (SSSR count). The molecule has 1 aromatic rings. The first kappa shape index (κ1) is 15.9. The summed E-state index contributed by atoms with van der Waals surface area (Å²) in [5, 5.41) is 3.99. The summed E-state index contributed by atoms with van der Waals surface area (Å²) in [6.45, 7) is 9.08. The number of methoxy groups -OCH3 is 2. The normalized spacial score (nSPS) is 12.1. The molecule has 0 aliphatic rings. The third-order valence-electron chi connectivity index (χ3n) is 2.88. The van der Waals surface area contributed by atoms with Gasteiger partial charge >= 0.3 is 0 Å². The second kappa shape index (κ2) is 7.41. The quantitative estimate of drug-likeness (QED) is 0.768. The van der Waals surface area contributed by atoms with E-state index in [0.29, 0.717) is 16.5 Å². The minimum atomic E-state index is 0.0669. The van der Waals surface area contributed by atoms with E-state index >= 15 is 0 Å². The van der Waals surface area contributed by atoms with Gasteiger partial charge in [-0.05, 0) is 37.6 Å². The lowest BCUT2D eigenvalue weighted by Gasteiger charge is -2.21. The van der Waals surface area contributed by atoms with E-state index in [0.717, 1.165) is 24.1 Å². The molecule has 1 unspecified atom stereocenters. The van der Waals surface area contributed by atoms with Gasteiger partial charge in [0.15, 0.2) is 11.5 Å². The lowest BCUT2D eigenvalue weighted by molar-refractivity contribution is 0.354. The molecule has 0 saturated carbocycles. The Morgan fingerprint density at radius 2 is 2.05 bits per heavy atom. The van der Waals surface area contributed by atoms with Crippen molar-refractivity contribution < 1.29 is 9.47 Å². The number of rotatable bonds is 7.